The summed E-state index contributed by atoms with van der Waals surface area (Å²) < 4.78 is 10.6. The van der Waals surface area contributed by atoms with Crippen LogP contribution in [0, 0.1) is 22.8 Å². The van der Waals surface area contributed by atoms with Gasteiger partial charge in [0.2, 0.25) is 0 Å². The molecular formula is C13H10N4O2S. The molecular weight excluding hydrogens is 276 g/mol. The van der Waals surface area contributed by atoms with Gasteiger partial charge in [0.1, 0.15) is 34.7 Å². The standard InChI is InChI=1S/C13H10N4O2S/c1-18-9-2-4-10(5-3-9)19-7-11-12(6-14)20-13(17-11)16-8-15/h2-5H,7H2,1H3,(H,16,17). The number of hydrogen-bond donors (Lipinski definition) is 1. The van der Waals surface area contributed by atoms with Gasteiger partial charge in [-0.15, -0.1) is 0 Å². The minimum atomic E-state index is 0.166. The molecule has 1 aromatic carbocycles. The van der Waals surface area contributed by atoms with Crippen LogP contribution in [0.25, 0.3) is 0 Å². The fourth-order valence-electron chi connectivity index (χ4n) is 1.46. The van der Waals surface area contributed by atoms with Crippen LogP contribution in [0.15, 0.2) is 24.3 Å². The number of anilines is 1. The molecule has 0 fully saturated rings. The van der Waals surface area contributed by atoms with Crippen molar-refractivity contribution in [1.29, 1.82) is 10.5 Å². The van der Waals surface area contributed by atoms with Crippen molar-refractivity contribution in [3.63, 3.8) is 0 Å². The van der Waals surface area contributed by atoms with E-state index in [0.717, 1.165) is 17.1 Å². The number of aromatic nitrogens is 1. The Balaban J connectivity index is 2.06. The van der Waals surface area contributed by atoms with Gasteiger partial charge in [-0.25, -0.2) is 4.98 Å². The van der Waals surface area contributed by atoms with E-state index in [9.17, 15) is 0 Å². The second kappa shape index (κ2) is 6.41. The van der Waals surface area contributed by atoms with Crippen molar-refractivity contribution in [3.05, 3.63) is 34.8 Å². The van der Waals surface area contributed by atoms with Gasteiger partial charge in [0.25, 0.3) is 0 Å². The average Bonchev–Trinajstić information content (AvgIpc) is 2.88. The quantitative estimate of drug-likeness (QED) is 0.670. The molecule has 20 heavy (non-hydrogen) atoms. The molecule has 100 valence electrons. The number of nitrogens with zero attached hydrogens (tertiary/aromatic N) is 3. The third-order valence-corrected chi connectivity index (χ3v) is 3.31. The molecule has 1 N–H and O–H groups in total. The van der Waals surface area contributed by atoms with E-state index in [0.29, 0.717) is 21.5 Å². The maximum absolute atomic E-state index is 9.00. The summed E-state index contributed by atoms with van der Waals surface area (Å²) >= 11 is 1.12. The summed E-state index contributed by atoms with van der Waals surface area (Å²) in [5.74, 6) is 1.39. The lowest BCUT2D eigenvalue weighted by atomic mass is 10.3. The van der Waals surface area contributed by atoms with E-state index in [-0.39, 0.29) is 6.61 Å². The lowest BCUT2D eigenvalue weighted by Gasteiger charge is -2.05. The van der Waals surface area contributed by atoms with Crippen LogP contribution in [-0.4, -0.2) is 12.1 Å². The molecule has 0 atom stereocenters. The van der Waals surface area contributed by atoms with Crippen molar-refractivity contribution in [2.45, 2.75) is 6.61 Å². The summed E-state index contributed by atoms with van der Waals surface area (Å²) in [5, 5.41) is 20.3. The average molecular weight is 286 g/mol. The molecule has 0 unspecified atom stereocenters. The number of nitriles is 2. The Morgan fingerprint density at radius 1 is 1.25 bits per heavy atom. The van der Waals surface area contributed by atoms with E-state index in [4.69, 9.17) is 20.0 Å². The topological polar surface area (TPSA) is 91.0 Å². The predicted octanol–water partition coefficient (Wildman–Crippen LogP) is 2.50. The van der Waals surface area contributed by atoms with Crippen molar-refractivity contribution in [2.24, 2.45) is 0 Å². The SMILES string of the molecule is COc1ccc(OCc2nc(NC#N)sc2C#N)cc1. The molecule has 0 bridgehead atoms. The maximum atomic E-state index is 9.00. The zero-order valence-corrected chi connectivity index (χ0v) is 11.4. The lowest BCUT2D eigenvalue weighted by molar-refractivity contribution is 0.301. The van der Waals surface area contributed by atoms with Gasteiger partial charge in [-0.2, -0.15) is 10.5 Å². The van der Waals surface area contributed by atoms with E-state index in [1.54, 1.807) is 37.6 Å². The molecule has 2 rings (SSSR count). The highest BCUT2D eigenvalue weighted by molar-refractivity contribution is 7.16. The Morgan fingerprint density at radius 3 is 2.55 bits per heavy atom. The lowest BCUT2D eigenvalue weighted by Crippen LogP contribution is -1.98. The monoisotopic (exact) mass is 286 g/mol. The van der Waals surface area contributed by atoms with Crippen molar-refractivity contribution in [1.82, 2.24) is 4.98 Å². The first-order chi connectivity index (χ1) is 9.76. The molecule has 0 aliphatic carbocycles. The van der Waals surface area contributed by atoms with Crippen molar-refractivity contribution in [3.8, 4) is 23.8 Å². The van der Waals surface area contributed by atoms with E-state index in [1.165, 1.54) is 0 Å². The number of benzene rings is 1. The van der Waals surface area contributed by atoms with Crippen molar-refractivity contribution < 1.29 is 9.47 Å². The number of ether oxygens (including phenoxy) is 2. The van der Waals surface area contributed by atoms with Crippen molar-refractivity contribution >= 4 is 16.5 Å². The minimum Gasteiger partial charge on any atom is -0.497 e. The van der Waals surface area contributed by atoms with Gasteiger partial charge < -0.3 is 9.47 Å². The predicted molar refractivity (Wildman–Crippen MR) is 73.4 cm³/mol. The van der Waals surface area contributed by atoms with Crippen LogP contribution < -0.4 is 14.8 Å². The van der Waals surface area contributed by atoms with Gasteiger partial charge in [-0.3, -0.25) is 5.32 Å². The van der Waals surface area contributed by atoms with E-state index in [1.807, 2.05) is 6.07 Å². The van der Waals surface area contributed by atoms with E-state index in [2.05, 4.69) is 10.3 Å². The molecule has 0 spiro atoms. The Hall–Kier alpha value is -2.77. The van der Waals surface area contributed by atoms with E-state index < -0.39 is 0 Å². The van der Waals surface area contributed by atoms with Gasteiger partial charge in [0.15, 0.2) is 11.3 Å². The highest BCUT2D eigenvalue weighted by Crippen LogP contribution is 2.24. The molecule has 6 nitrogen and oxygen atoms in total. The Kier molecular flexibility index (Phi) is 4.38. The Bertz CT molecular complexity index is 667. The minimum absolute atomic E-state index is 0.166. The van der Waals surface area contributed by atoms with Gasteiger partial charge in [0.05, 0.1) is 7.11 Å². The fraction of sp³-hybridized carbons (Fsp3) is 0.154. The van der Waals surface area contributed by atoms with Crippen molar-refractivity contribution in [2.75, 3.05) is 12.4 Å². The number of methoxy groups -OCH3 is 1. The van der Waals surface area contributed by atoms with Crippen LogP contribution in [0.1, 0.15) is 10.6 Å². The summed E-state index contributed by atoms with van der Waals surface area (Å²) in [5.41, 5.74) is 0.506. The molecule has 0 saturated carbocycles. The highest BCUT2D eigenvalue weighted by atomic mass is 32.1. The third kappa shape index (κ3) is 3.16. The molecule has 1 aromatic heterocycles. The van der Waals surface area contributed by atoms with Crippen LogP contribution in [-0.2, 0) is 6.61 Å². The largest absolute Gasteiger partial charge is 0.497 e. The van der Waals surface area contributed by atoms with Crippen LogP contribution in [0.5, 0.6) is 11.5 Å². The second-order valence-corrected chi connectivity index (χ2v) is 4.61. The Morgan fingerprint density at radius 2 is 1.95 bits per heavy atom. The third-order valence-electron chi connectivity index (χ3n) is 2.40. The van der Waals surface area contributed by atoms with Gasteiger partial charge in [-0.05, 0) is 24.3 Å². The van der Waals surface area contributed by atoms with Crippen LogP contribution in [0.4, 0.5) is 5.13 Å². The van der Waals surface area contributed by atoms with E-state index >= 15 is 0 Å². The van der Waals surface area contributed by atoms with Gasteiger partial charge in [0, 0.05) is 0 Å². The number of rotatable bonds is 5. The van der Waals surface area contributed by atoms with Gasteiger partial charge in [-0.1, -0.05) is 11.3 Å². The first-order valence-corrected chi connectivity index (χ1v) is 6.40. The number of thiazole rings is 1. The maximum Gasteiger partial charge on any atom is 0.197 e. The zero-order valence-electron chi connectivity index (χ0n) is 10.6. The van der Waals surface area contributed by atoms with Gasteiger partial charge >= 0.3 is 0 Å². The molecule has 0 aliphatic rings. The normalized spacial score (nSPS) is 9.35. The molecule has 2 aromatic rings. The molecule has 0 aliphatic heterocycles. The zero-order chi connectivity index (χ0) is 14.4. The summed E-state index contributed by atoms with van der Waals surface area (Å²) in [4.78, 5) is 4.56. The molecule has 7 heteroatoms. The van der Waals surface area contributed by atoms with Crippen LogP contribution >= 0.6 is 11.3 Å². The summed E-state index contributed by atoms with van der Waals surface area (Å²) in [6.45, 7) is 0.166. The first kappa shape index (κ1) is 13.7. The highest BCUT2D eigenvalue weighted by Gasteiger charge is 2.11. The molecule has 0 radical (unpaired) electrons. The summed E-state index contributed by atoms with van der Waals surface area (Å²) in [6.07, 6.45) is 1.77. The second-order valence-electron chi connectivity index (χ2n) is 3.61. The van der Waals surface area contributed by atoms with Crippen LogP contribution in [0.2, 0.25) is 0 Å². The molecule has 0 amide bonds. The number of hydrogen-bond acceptors (Lipinski definition) is 7. The summed E-state index contributed by atoms with van der Waals surface area (Å²) in [7, 11) is 1.59. The van der Waals surface area contributed by atoms with Crippen LogP contribution in [0.3, 0.4) is 0 Å². The molecule has 0 saturated heterocycles. The summed E-state index contributed by atoms with van der Waals surface area (Å²) in [6, 6.07) is 9.14. The fourth-order valence-corrected chi connectivity index (χ4v) is 2.18. The molecule has 1 heterocycles. The first-order valence-electron chi connectivity index (χ1n) is 5.58. The smallest absolute Gasteiger partial charge is 0.197 e. The Labute approximate surface area is 119 Å². The number of nitrogens with one attached hydrogen (secondary N) is 1.